The Bertz CT molecular complexity index is 323. The Kier molecular flexibility index (Phi) is 3.92. The molecule has 0 N–H and O–H groups in total. The molecule has 0 aliphatic rings. The monoisotopic (exact) mass is 190 g/mol. The van der Waals surface area contributed by atoms with E-state index < -0.39 is 0 Å². The summed E-state index contributed by atoms with van der Waals surface area (Å²) in [4.78, 5) is 11.0. The van der Waals surface area contributed by atoms with Crippen LogP contribution < -0.4 is 0 Å². The van der Waals surface area contributed by atoms with Crippen molar-refractivity contribution in [2.45, 2.75) is 13.8 Å². The molecule has 0 atom stereocenters. The van der Waals surface area contributed by atoms with Gasteiger partial charge in [-0.15, -0.1) is 0 Å². The van der Waals surface area contributed by atoms with Gasteiger partial charge in [0.05, 0.1) is 6.61 Å². The lowest BCUT2D eigenvalue weighted by Crippen LogP contribution is -1.98. The Balaban J connectivity index is 2.60. The number of ether oxygens (including phenoxy) is 1. The fourth-order valence-electron chi connectivity index (χ4n) is 1.03. The summed E-state index contributed by atoms with van der Waals surface area (Å²) in [6.07, 6.45) is 3.19. The molecule has 0 unspecified atom stereocenters. The van der Waals surface area contributed by atoms with Gasteiger partial charge in [0.25, 0.3) is 0 Å². The number of hydrogen-bond donors (Lipinski definition) is 0. The molecule has 2 nitrogen and oxygen atoms in total. The maximum absolute atomic E-state index is 11.0. The van der Waals surface area contributed by atoms with Crippen LogP contribution in [-0.2, 0) is 9.53 Å². The van der Waals surface area contributed by atoms with E-state index in [2.05, 4.69) is 0 Å². The average molecular weight is 190 g/mol. The quantitative estimate of drug-likeness (QED) is 0.541. The summed E-state index contributed by atoms with van der Waals surface area (Å²) in [7, 11) is 0. The Morgan fingerprint density at radius 3 is 2.57 bits per heavy atom. The highest BCUT2D eigenvalue weighted by molar-refractivity contribution is 5.86. The molecule has 0 spiro atoms. The van der Waals surface area contributed by atoms with Crippen molar-refractivity contribution >= 4 is 12.0 Å². The Labute approximate surface area is 84.2 Å². The van der Waals surface area contributed by atoms with E-state index in [4.69, 9.17) is 4.74 Å². The fraction of sp³-hybridized carbons (Fsp3) is 0.250. The number of carbonyl (C=O) groups excluding carboxylic acids is 1. The van der Waals surface area contributed by atoms with Crippen molar-refractivity contribution in [1.82, 2.24) is 0 Å². The van der Waals surface area contributed by atoms with Gasteiger partial charge in [0.1, 0.15) is 0 Å². The molecule has 74 valence electrons. The van der Waals surface area contributed by atoms with E-state index in [1.54, 1.807) is 13.0 Å². The van der Waals surface area contributed by atoms with E-state index >= 15 is 0 Å². The summed E-state index contributed by atoms with van der Waals surface area (Å²) in [5, 5.41) is 0. The van der Waals surface area contributed by atoms with E-state index in [1.807, 2.05) is 31.2 Å². The SMILES string of the molecule is CCOC(=O)/C=C/c1ccc(C)cc1. The number of benzene rings is 1. The van der Waals surface area contributed by atoms with Crippen LogP contribution >= 0.6 is 0 Å². The van der Waals surface area contributed by atoms with Gasteiger partial charge in [-0.25, -0.2) is 4.79 Å². The van der Waals surface area contributed by atoms with Crippen molar-refractivity contribution in [1.29, 1.82) is 0 Å². The Hall–Kier alpha value is -1.57. The third-order valence-electron chi connectivity index (χ3n) is 1.78. The molecule has 0 amide bonds. The molecule has 0 radical (unpaired) electrons. The molecule has 1 rings (SSSR count). The second-order valence-corrected chi connectivity index (χ2v) is 3.00. The van der Waals surface area contributed by atoms with E-state index in [0.717, 1.165) is 5.56 Å². The van der Waals surface area contributed by atoms with Gasteiger partial charge in [0.2, 0.25) is 0 Å². The number of carbonyl (C=O) groups is 1. The van der Waals surface area contributed by atoms with Crippen molar-refractivity contribution in [3.05, 3.63) is 41.5 Å². The van der Waals surface area contributed by atoms with Crippen LogP contribution in [0.25, 0.3) is 6.08 Å². The highest BCUT2D eigenvalue weighted by Gasteiger charge is 1.93. The molecular formula is C12H14O2. The lowest BCUT2D eigenvalue weighted by molar-refractivity contribution is -0.137. The molecule has 0 fully saturated rings. The average Bonchev–Trinajstić information content (AvgIpc) is 2.17. The van der Waals surface area contributed by atoms with Crippen LogP contribution in [0.2, 0.25) is 0 Å². The van der Waals surface area contributed by atoms with E-state index in [0.29, 0.717) is 6.61 Å². The molecule has 0 bridgehead atoms. The highest BCUT2D eigenvalue weighted by Crippen LogP contribution is 2.04. The molecule has 0 aliphatic carbocycles. The van der Waals surface area contributed by atoms with Gasteiger partial charge in [-0.1, -0.05) is 29.8 Å². The summed E-state index contributed by atoms with van der Waals surface area (Å²) < 4.78 is 4.76. The first kappa shape index (κ1) is 10.5. The lowest BCUT2D eigenvalue weighted by atomic mass is 10.1. The predicted octanol–water partition coefficient (Wildman–Crippen LogP) is 2.57. The van der Waals surface area contributed by atoms with Gasteiger partial charge in [0, 0.05) is 6.08 Å². The summed E-state index contributed by atoms with van der Waals surface area (Å²) in [5.41, 5.74) is 2.21. The van der Waals surface area contributed by atoms with Crippen molar-refractivity contribution in [3.63, 3.8) is 0 Å². The van der Waals surface area contributed by atoms with Crippen LogP contribution in [0.1, 0.15) is 18.1 Å². The minimum atomic E-state index is -0.298. The third kappa shape index (κ3) is 3.44. The summed E-state index contributed by atoms with van der Waals surface area (Å²) in [6.45, 7) is 4.23. The fourth-order valence-corrected chi connectivity index (χ4v) is 1.03. The van der Waals surface area contributed by atoms with Gasteiger partial charge in [0.15, 0.2) is 0 Å². The van der Waals surface area contributed by atoms with Crippen molar-refractivity contribution in [3.8, 4) is 0 Å². The highest BCUT2D eigenvalue weighted by atomic mass is 16.5. The molecule has 0 heterocycles. The van der Waals surface area contributed by atoms with Crippen molar-refractivity contribution in [2.75, 3.05) is 6.61 Å². The minimum Gasteiger partial charge on any atom is -0.463 e. The standard InChI is InChI=1S/C12H14O2/c1-3-14-12(13)9-8-11-6-4-10(2)5-7-11/h4-9H,3H2,1-2H3/b9-8+. The maximum Gasteiger partial charge on any atom is 0.330 e. The maximum atomic E-state index is 11.0. The van der Waals surface area contributed by atoms with Crippen LogP contribution in [0.5, 0.6) is 0 Å². The first-order chi connectivity index (χ1) is 6.72. The smallest absolute Gasteiger partial charge is 0.330 e. The lowest BCUT2D eigenvalue weighted by Gasteiger charge is -1.96. The largest absolute Gasteiger partial charge is 0.463 e. The molecule has 0 aliphatic heterocycles. The van der Waals surface area contributed by atoms with Crippen LogP contribution in [0.15, 0.2) is 30.3 Å². The zero-order chi connectivity index (χ0) is 10.4. The topological polar surface area (TPSA) is 26.3 Å². The van der Waals surface area contributed by atoms with Crippen molar-refractivity contribution < 1.29 is 9.53 Å². The van der Waals surface area contributed by atoms with Crippen LogP contribution in [-0.4, -0.2) is 12.6 Å². The molecular weight excluding hydrogens is 176 g/mol. The second-order valence-electron chi connectivity index (χ2n) is 3.00. The molecule has 0 saturated heterocycles. The normalized spacial score (nSPS) is 10.4. The van der Waals surface area contributed by atoms with Crippen LogP contribution in [0.3, 0.4) is 0 Å². The van der Waals surface area contributed by atoms with Gasteiger partial charge in [-0.2, -0.15) is 0 Å². The first-order valence-corrected chi connectivity index (χ1v) is 4.64. The minimum absolute atomic E-state index is 0.298. The molecule has 2 heteroatoms. The van der Waals surface area contributed by atoms with E-state index in [9.17, 15) is 4.79 Å². The van der Waals surface area contributed by atoms with Crippen LogP contribution in [0, 0.1) is 6.92 Å². The van der Waals surface area contributed by atoms with Gasteiger partial charge in [-0.3, -0.25) is 0 Å². The van der Waals surface area contributed by atoms with Gasteiger partial charge < -0.3 is 4.74 Å². The molecule has 1 aromatic rings. The van der Waals surface area contributed by atoms with Crippen molar-refractivity contribution in [2.24, 2.45) is 0 Å². The summed E-state index contributed by atoms with van der Waals surface area (Å²) in [6, 6.07) is 7.94. The Morgan fingerprint density at radius 2 is 2.00 bits per heavy atom. The number of rotatable bonds is 3. The summed E-state index contributed by atoms with van der Waals surface area (Å²) >= 11 is 0. The van der Waals surface area contributed by atoms with Gasteiger partial charge >= 0.3 is 5.97 Å². The number of hydrogen-bond acceptors (Lipinski definition) is 2. The zero-order valence-electron chi connectivity index (χ0n) is 8.49. The molecule has 14 heavy (non-hydrogen) atoms. The van der Waals surface area contributed by atoms with Crippen LogP contribution in [0.4, 0.5) is 0 Å². The molecule has 0 aromatic heterocycles. The first-order valence-electron chi connectivity index (χ1n) is 4.64. The zero-order valence-corrected chi connectivity index (χ0v) is 8.49. The van der Waals surface area contributed by atoms with E-state index in [-0.39, 0.29) is 5.97 Å². The molecule has 1 aromatic carbocycles. The molecule has 0 saturated carbocycles. The van der Waals surface area contributed by atoms with E-state index in [1.165, 1.54) is 11.6 Å². The van der Waals surface area contributed by atoms with Gasteiger partial charge in [-0.05, 0) is 25.5 Å². The Morgan fingerprint density at radius 1 is 1.36 bits per heavy atom. The summed E-state index contributed by atoms with van der Waals surface area (Å²) in [5.74, 6) is -0.298. The number of aryl methyl sites for hydroxylation is 1. The third-order valence-corrected chi connectivity index (χ3v) is 1.78. The predicted molar refractivity (Wildman–Crippen MR) is 56.8 cm³/mol. The number of esters is 1. The second kappa shape index (κ2) is 5.22.